The zero-order chi connectivity index (χ0) is 18.8. The number of amides is 1. The van der Waals surface area contributed by atoms with E-state index in [1.165, 1.54) is 29.0 Å². The molecule has 1 aromatic heterocycles. The molecule has 3 aromatic rings. The summed E-state index contributed by atoms with van der Waals surface area (Å²) in [5, 5.41) is 0.860. The van der Waals surface area contributed by atoms with E-state index in [-0.39, 0.29) is 11.7 Å². The number of aryl methyl sites for hydroxylation is 3. The van der Waals surface area contributed by atoms with E-state index in [1.807, 2.05) is 6.92 Å². The number of rotatable bonds is 4. The molecule has 0 unspecified atom stereocenters. The average Bonchev–Trinajstić information content (AvgIpc) is 2.97. The summed E-state index contributed by atoms with van der Waals surface area (Å²) >= 11 is 1.42. The predicted octanol–water partition coefficient (Wildman–Crippen LogP) is 5.15. The van der Waals surface area contributed by atoms with Crippen molar-refractivity contribution in [2.45, 2.75) is 27.3 Å². The molecule has 3 nitrogen and oxygen atoms in total. The van der Waals surface area contributed by atoms with Gasteiger partial charge < -0.3 is 4.90 Å². The van der Waals surface area contributed by atoms with Crippen LogP contribution in [0.5, 0.6) is 0 Å². The number of halogens is 1. The number of thiazole rings is 1. The number of hydrogen-bond donors (Lipinski definition) is 0. The minimum Gasteiger partial charge on any atom is -0.337 e. The Bertz CT molecular complexity index is 947. The van der Waals surface area contributed by atoms with Gasteiger partial charge in [-0.2, -0.15) is 0 Å². The van der Waals surface area contributed by atoms with Crippen molar-refractivity contribution < 1.29 is 9.18 Å². The second kappa shape index (κ2) is 7.38. The van der Waals surface area contributed by atoms with Crippen molar-refractivity contribution in [3.8, 4) is 10.6 Å². The van der Waals surface area contributed by atoms with Gasteiger partial charge in [-0.3, -0.25) is 4.79 Å². The standard InChI is InChI=1S/C21H21FN2OS/c1-13-5-10-18(14(2)11-13)20-23-15(3)19(26-20)21(25)24(4)12-16-6-8-17(22)9-7-16/h5-11H,12H2,1-4H3. The summed E-state index contributed by atoms with van der Waals surface area (Å²) in [5.41, 5.74) is 5.04. The third-order valence-corrected chi connectivity index (χ3v) is 5.46. The van der Waals surface area contributed by atoms with Gasteiger partial charge in [0.1, 0.15) is 15.7 Å². The fraction of sp³-hybridized carbons (Fsp3) is 0.238. The van der Waals surface area contributed by atoms with Gasteiger partial charge in [0.2, 0.25) is 0 Å². The van der Waals surface area contributed by atoms with Crippen molar-refractivity contribution in [3.63, 3.8) is 0 Å². The van der Waals surface area contributed by atoms with Gasteiger partial charge in [-0.15, -0.1) is 11.3 Å². The highest BCUT2D eigenvalue weighted by molar-refractivity contribution is 7.17. The lowest BCUT2D eigenvalue weighted by Crippen LogP contribution is -2.26. The maximum Gasteiger partial charge on any atom is 0.265 e. The number of aromatic nitrogens is 1. The summed E-state index contributed by atoms with van der Waals surface area (Å²) in [6.07, 6.45) is 0. The van der Waals surface area contributed by atoms with E-state index >= 15 is 0 Å². The molecule has 3 rings (SSSR count). The van der Waals surface area contributed by atoms with Crippen molar-refractivity contribution in [2.75, 3.05) is 7.05 Å². The molecule has 0 atom stereocenters. The van der Waals surface area contributed by atoms with E-state index in [1.54, 1.807) is 24.1 Å². The van der Waals surface area contributed by atoms with Crippen molar-refractivity contribution in [1.29, 1.82) is 0 Å². The van der Waals surface area contributed by atoms with E-state index < -0.39 is 0 Å². The molecule has 0 saturated carbocycles. The van der Waals surface area contributed by atoms with Crippen LogP contribution >= 0.6 is 11.3 Å². The first-order valence-electron chi connectivity index (χ1n) is 8.40. The van der Waals surface area contributed by atoms with Crippen molar-refractivity contribution in [3.05, 3.63) is 75.5 Å². The quantitative estimate of drug-likeness (QED) is 0.638. The smallest absolute Gasteiger partial charge is 0.265 e. The minimum absolute atomic E-state index is 0.0691. The lowest BCUT2D eigenvalue weighted by atomic mass is 10.1. The van der Waals surface area contributed by atoms with Crippen LogP contribution in [0.2, 0.25) is 0 Å². The Labute approximate surface area is 157 Å². The Morgan fingerprint density at radius 3 is 2.46 bits per heavy atom. The van der Waals surface area contributed by atoms with E-state index in [0.29, 0.717) is 11.4 Å². The molecular weight excluding hydrogens is 347 g/mol. The van der Waals surface area contributed by atoms with Gasteiger partial charge in [0.05, 0.1) is 5.69 Å². The van der Waals surface area contributed by atoms with Crippen LogP contribution in [-0.4, -0.2) is 22.8 Å². The highest BCUT2D eigenvalue weighted by Crippen LogP contribution is 2.31. The molecule has 0 fully saturated rings. The van der Waals surface area contributed by atoms with Crippen LogP contribution in [0.15, 0.2) is 42.5 Å². The molecule has 0 spiro atoms. The molecule has 1 amide bonds. The molecule has 0 aliphatic carbocycles. The summed E-state index contributed by atoms with van der Waals surface area (Å²) < 4.78 is 13.0. The van der Waals surface area contributed by atoms with E-state index in [4.69, 9.17) is 0 Å². The van der Waals surface area contributed by atoms with E-state index in [0.717, 1.165) is 27.4 Å². The van der Waals surface area contributed by atoms with Crippen LogP contribution in [-0.2, 0) is 6.54 Å². The zero-order valence-corrected chi connectivity index (χ0v) is 16.2. The highest BCUT2D eigenvalue weighted by Gasteiger charge is 2.20. The molecule has 0 aliphatic rings. The van der Waals surface area contributed by atoms with Gasteiger partial charge in [-0.05, 0) is 44.0 Å². The Kier molecular flexibility index (Phi) is 5.18. The van der Waals surface area contributed by atoms with Gasteiger partial charge in [0.25, 0.3) is 5.91 Å². The summed E-state index contributed by atoms with van der Waals surface area (Å²) in [5.74, 6) is -0.348. The summed E-state index contributed by atoms with van der Waals surface area (Å²) in [4.78, 5) is 19.7. The first-order valence-corrected chi connectivity index (χ1v) is 9.22. The zero-order valence-electron chi connectivity index (χ0n) is 15.3. The Morgan fingerprint density at radius 1 is 1.12 bits per heavy atom. The van der Waals surface area contributed by atoms with E-state index in [9.17, 15) is 9.18 Å². The predicted molar refractivity (Wildman–Crippen MR) is 104 cm³/mol. The van der Waals surface area contributed by atoms with Gasteiger partial charge in [-0.1, -0.05) is 35.9 Å². The van der Waals surface area contributed by atoms with E-state index in [2.05, 4.69) is 37.0 Å². The molecule has 0 radical (unpaired) electrons. The van der Waals surface area contributed by atoms with Crippen LogP contribution in [0.25, 0.3) is 10.6 Å². The average molecular weight is 368 g/mol. The number of hydrogen-bond acceptors (Lipinski definition) is 3. The second-order valence-electron chi connectivity index (χ2n) is 6.54. The van der Waals surface area contributed by atoms with Crippen LogP contribution in [0.4, 0.5) is 4.39 Å². The fourth-order valence-electron chi connectivity index (χ4n) is 2.87. The van der Waals surface area contributed by atoms with Gasteiger partial charge in [0.15, 0.2) is 0 Å². The molecule has 26 heavy (non-hydrogen) atoms. The SMILES string of the molecule is Cc1ccc(-c2nc(C)c(C(=O)N(C)Cc3ccc(F)cc3)s2)c(C)c1. The highest BCUT2D eigenvalue weighted by atomic mass is 32.1. The summed E-state index contributed by atoms with van der Waals surface area (Å²) in [7, 11) is 1.75. The Balaban J connectivity index is 1.83. The number of benzene rings is 2. The van der Waals surface area contributed by atoms with Crippen LogP contribution in [0.3, 0.4) is 0 Å². The summed E-state index contributed by atoms with van der Waals surface area (Å²) in [6.45, 7) is 6.41. The number of carbonyl (C=O) groups excluding carboxylic acids is 1. The monoisotopic (exact) mass is 368 g/mol. The van der Waals surface area contributed by atoms with Crippen molar-refractivity contribution in [2.24, 2.45) is 0 Å². The van der Waals surface area contributed by atoms with Crippen LogP contribution in [0, 0.1) is 26.6 Å². The van der Waals surface area contributed by atoms with Crippen molar-refractivity contribution >= 4 is 17.2 Å². The first-order chi connectivity index (χ1) is 12.3. The maximum absolute atomic E-state index is 13.0. The maximum atomic E-state index is 13.0. The molecule has 0 N–H and O–H groups in total. The number of carbonyl (C=O) groups is 1. The third-order valence-electron chi connectivity index (χ3n) is 4.28. The Hall–Kier alpha value is -2.53. The van der Waals surface area contributed by atoms with Crippen LogP contribution < -0.4 is 0 Å². The largest absolute Gasteiger partial charge is 0.337 e. The second-order valence-corrected chi connectivity index (χ2v) is 7.54. The molecule has 0 saturated heterocycles. The summed E-state index contributed by atoms with van der Waals surface area (Å²) in [6, 6.07) is 12.4. The fourth-order valence-corrected chi connectivity index (χ4v) is 4.02. The molecule has 1 heterocycles. The molecular formula is C21H21FN2OS. The topological polar surface area (TPSA) is 33.2 Å². The molecule has 5 heteroatoms. The normalized spacial score (nSPS) is 10.8. The molecule has 0 bridgehead atoms. The lowest BCUT2D eigenvalue weighted by Gasteiger charge is -2.16. The third kappa shape index (κ3) is 3.83. The number of nitrogens with zero attached hydrogens (tertiary/aromatic N) is 2. The van der Waals surface area contributed by atoms with Crippen LogP contribution in [0.1, 0.15) is 32.1 Å². The van der Waals surface area contributed by atoms with Gasteiger partial charge >= 0.3 is 0 Å². The van der Waals surface area contributed by atoms with Crippen molar-refractivity contribution in [1.82, 2.24) is 9.88 Å². The van der Waals surface area contributed by atoms with Gasteiger partial charge in [0, 0.05) is 19.2 Å². The first kappa shape index (κ1) is 18.3. The molecule has 2 aromatic carbocycles. The minimum atomic E-state index is -0.279. The molecule has 134 valence electrons. The Morgan fingerprint density at radius 2 is 1.81 bits per heavy atom. The van der Waals surface area contributed by atoms with Gasteiger partial charge in [-0.25, -0.2) is 9.37 Å². The molecule has 0 aliphatic heterocycles. The lowest BCUT2D eigenvalue weighted by molar-refractivity contribution is 0.0789.